The van der Waals surface area contributed by atoms with Gasteiger partial charge in [0.05, 0.1) is 6.61 Å². The lowest BCUT2D eigenvalue weighted by Gasteiger charge is -2.15. The van der Waals surface area contributed by atoms with Crippen molar-refractivity contribution in [2.45, 2.75) is 18.9 Å². The molecule has 0 atom stereocenters. The van der Waals surface area contributed by atoms with E-state index in [4.69, 9.17) is 4.74 Å². The second-order valence-electron chi connectivity index (χ2n) is 3.05. The number of hydrogen-bond donors (Lipinski definition) is 0. The first-order valence-electron chi connectivity index (χ1n) is 4.84. The zero-order chi connectivity index (χ0) is 10.2. The minimum Gasteiger partial charge on any atom is -0.493 e. The molecule has 0 spiro atoms. The Labute approximate surface area is 89.2 Å². The Kier molecular flexibility index (Phi) is 5.08. The summed E-state index contributed by atoms with van der Waals surface area (Å²) in [7, 11) is 3.17. The molecule has 3 radical (unpaired) electrons. The van der Waals surface area contributed by atoms with Gasteiger partial charge in [0, 0.05) is 10.2 Å². The van der Waals surface area contributed by atoms with Gasteiger partial charge in [-0.05, 0) is 30.5 Å². The summed E-state index contributed by atoms with van der Waals surface area (Å²) in [5.41, 5.74) is 1.36. The van der Waals surface area contributed by atoms with Crippen LogP contribution in [-0.2, 0) is 6.42 Å². The summed E-state index contributed by atoms with van der Waals surface area (Å²) in [6.45, 7) is 4.32. The molecule has 1 aromatic rings. The highest BCUT2D eigenvalue weighted by Crippen LogP contribution is 2.22. The fourth-order valence-electron chi connectivity index (χ4n) is 1.30. The van der Waals surface area contributed by atoms with E-state index < -0.39 is 0 Å². The van der Waals surface area contributed by atoms with E-state index >= 15 is 0 Å². The zero-order valence-corrected chi connectivity index (χ0v) is 9.33. The lowest BCUT2D eigenvalue weighted by Crippen LogP contribution is -2.07. The number of ether oxygens (including phenoxy) is 1. The third-order valence-electron chi connectivity index (χ3n) is 1.96. The zero-order valence-electron chi connectivity index (χ0n) is 8.33. The van der Waals surface area contributed by atoms with Crippen LogP contribution in [0.5, 0.6) is 5.75 Å². The summed E-state index contributed by atoms with van der Waals surface area (Å²) >= 11 is 0. The van der Waals surface area contributed by atoms with E-state index in [1.807, 2.05) is 12.1 Å². The molecule has 0 fully saturated rings. The molecule has 2 rings (SSSR count). The van der Waals surface area contributed by atoms with Gasteiger partial charge in [-0.1, -0.05) is 24.3 Å². The van der Waals surface area contributed by atoms with E-state index in [0.29, 0.717) is 0 Å². The fraction of sp³-hybridized carbons (Fsp3) is 0.333. The number of fused-ring (bicyclic) bond motifs is 1. The molecule has 0 aromatic heterocycles. The van der Waals surface area contributed by atoms with Crippen LogP contribution in [0, 0.1) is 0 Å². The summed E-state index contributed by atoms with van der Waals surface area (Å²) in [6.07, 6.45) is 4.13. The van der Waals surface area contributed by atoms with Gasteiger partial charge < -0.3 is 4.74 Å². The minimum atomic E-state index is 0.886. The molecule has 1 aliphatic heterocycles. The van der Waals surface area contributed by atoms with Crippen LogP contribution in [0.15, 0.2) is 36.9 Å². The van der Waals surface area contributed by atoms with Crippen molar-refractivity contribution in [2.75, 3.05) is 6.61 Å². The number of hydrogen-bond acceptors (Lipinski definition) is 1. The normalized spacial score (nSPS) is 12.9. The van der Waals surface area contributed by atoms with Crippen molar-refractivity contribution < 1.29 is 4.74 Å². The molecular weight excluding hydrogens is 188 g/mol. The summed E-state index contributed by atoms with van der Waals surface area (Å²) < 4.78 is 5.42. The van der Waals surface area contributed by atoms with Crippen molar-refractivity contribution in [1.82, 2.24) is 0 Å². The number of benzene rings is 1. The largest absolute Gasteiger partial charge is 0.493 e. The van der Waals surface area contributed by atoms with Crippen LogP contribution in [-0.4, -0.2) is 16.8 Å². The molecule has 0 unspecified atom stereocenters. The molecule has 0 aliphatic carbocycles. The fourth-order valence-corrected chi connectivity index (χ4v) is 1.30. The van der Waals surface area contributed by atoms with Crippen molar-refractivity contribution in [3.8, 4) is 5.75 Å². The molecule has 1 nitrogen and oxygen atoms in total. The summed E-state index contributed by atoms with van der Waals surface area (Å²) in [6, 6.07) is 9.14. The lowest BCUT2D eigenvalue weighted by atomic mass is 10.1. The maximum atomic E-state index is 5.42. The molecule has 2 heteroatoms. The molecular formula is C12H15OSi. The number of aryl methyl sites for hydroxylation is 1. The van der Waals surface area contributed by atoms with Crippen LogP contribution in [0.3, 0.4) is 0 Å². The molecule has 0 N–H and O–H groups in total. The van der Waals surface area contributed by atoms with Gasteiger partial charge in [0.2, 0.25) is 0 Å². The summed E-state index contributed by atoms with van der Waals surface area (Å²) in [4.78, 5) is 0. The minimum absolute atomic E-state index is 0.886. The monoisotopic (exact) mass is 203 g/mol. The van der Waals surface area contributed by atoms with Crippen molar-refractivity contribution in [2.24, 2.45) is 0 Å². The Morgan fingerprint density at radius 3 is 2.79 bits per heavy atom. The third kappa shape index (κ3) is 3.38. The van der Waals surface area contributed by atoms with Gasteiger partial charge in [0.25, 0.3) is 0 Å². The second kappa shape index (κ2) is 6.43. The smallest absolute Gasteiger partial charge is 0.122 e. The van der Waals surface area contributed by atoms with E-state index in [-0.39, 0.29) is 0 Å². The van der Waals surface area contributed by atoms with E-state index in [0.717, 1.165) is 24.8 Å². The summed E-state index contributed by atoms with van der Waals surface area (Å²) in [5.74, 6) is 1.08. The van der Waals surface area contributed by atoms with E-state index in [9.17, 15) is 0 Å². The highest BCUT2D eigenvalue weighted by molar-refractivity contribution is 6.09. The Morgan fingerprint density at radius 2 is 2.14 bits per heavy atom. The van der Waals surface area contributed by atoms with Crippen LogP contribution in [0.2, 0.25) is 6.04 Å². The third-order valence-corrected chi connectivity index (χ3v) is 2.25. The number of allylic oxidation sites excluding steroid dienone is 1. The van der Waals surface area contributed by atoms with Crippen molar-refractivity contribution >= 4 is 10.2 Å². The predicted molar refractivity (Wildman–Crippen MR) is 61.0 cm³/mol. The molecule has 0 amide bonds. The quantitative estimate of drug-likeness (QED) is 0.504. The molecule has 1 aliphatic rings. The molecule has 73 valence electrons. The predicted octanol–water partition coefficient (Wildman–Crippen LogP) is 2.77. The van der Waals surface area contributed by atoms with Crippen LogP contribution in [0.1, 0.15) is 12.0 Å². The lowest BCUT2D eigenvalue weighted by molar-refractivity contribution is 0.288. The Balaban J connectivity index is 0.000000213. The molecule has 0 bridgehead atoms. The molecule has 14 heavy (non-hydrogen) atoms. The van der Waals surface area contributed by atoms with Crippen molar-refractivity contribution in [3.63, 3.8) is 0 Å². The van der Waals surface area contributed by atoms with E-state index in [1.54, 1.807) is 6.08 Å². The van der Waals surface area contributed by atoms with Gasteiger partial charge >= 0.3 is 0 Å². The summed E-state index contributed by atoms with van der Waals surface area (Å²) in [5, 5.41) is 0. The highest BCUT2D eigenvalue weighted by Gasteiger charge is 2.06. The topological polar surface area (TPSA) is 9.23 Å². The highest BCUT2D eigenvalue weighted by atomic mass is 28.1. The molecule has 0 saturated carbocycles. The first-order chi connectivity index (χ1) is 6.88. The molecule has 1 aromatic carbocycles. The van der Waals surface area contributed by atoms with Crippen LogP contribution >= 0.6 is 0 Å². The Hall–Kier alpha value is -1.02. The Morgan fingerprint density at radius 1 is 1.43 bits per heavy atom. The van der Waals surface area contributed by atoms with E-state index in [1.165, 1.54) is 12.0 Å². The average Bonchev–Trinajstić information content (AvgIpc) is 2.30. The van der Waals surface area contributed by atoms with Gasteiger partial charge in [0.15, 0.2) is 0 Å². The van der Waals surface area contributed by atoms with Gasteiger partial charge in [-0.25, -0.2) is 0 Å². The van der Waals surface area contributed by atoms with Crippen LogP contribution in [0.4, 0.5) is 0 Å². The van der Waals surface area contributed by atoms with E-state index in [2.05, 4.69) is 29.0 Å². The standard InChI is InChI=1S/C9H10O.C3H5Si/c1-2-6-9-8(4-1)5-3-7-10-9;1-2-3-4/h1-2,4,6H,3,5,7H2;2H,1,3H2. The van der Waals surface area contributed by atoms with Crippen molar-refractivity contribution in [1.29, 1.82) is 0 Å². The van der Waals surface area contributed by atoms with Gasteiger partial charge in [-0.2, -0.15) is 0 Å². The first-order valence-corrected chi connectivity index (χ1v) is 5.55. The second-order valence-corrected chi connectivity index (χ2v) is 3.46. The Bertz CT molecular complexity index is 258. The molecule has 0 saturated heterocycles. The number of rotatable bonds is 1. The number of para-hydroxylation sites is 1. The van der Waals surface area contributed by atoms with Crippen LogP contribution < -0.4 is 4.74 Å². The maximum absolute atomic E-state index is 5.42. The SMILES string of the molecule is C=CC[Si].c1ccc2c(c1)CCCO2. The van der Waals surface area contributed by atoms with Crippen molar-refractivity contribution in [3.05, 3.63) is 42.5 Å². The maximum Gasteiger partial charge on any atom is 0.122 e. The van der Waals surface area contributed by atoms with Gasteiger partial charge in [0.1, 0.15) is 5.75 Å². The first kappa shape index (κ1) is 11.1. The average molecular weight is 203 g/mol. The molecule has 1 heterocycles. The van der Waals surface area contributed by atoms with Gasteiger partial charge in [-0.15, -0.1) is 6.58 Å². The van der Waals surface area contributed by atoms with Crippen LogP contribution in [0.25, 0.3) is 0 Å². The van der Waals surface area contributed by atoms with Gasteiger partial charge in [-0.3, -0.25) is 0 Å².